The van der Waals surface area contributed by atoms with Crippen molar-refractivity contribution in [1.29, 1.82) is 0 Å². The van der Waals surface area contributed by atoms with Crippen molar-refractivity contribution in [1.82, 2.24) is 0 Å². The fourth-order valence-corrected chi connectivity index (χ4v) is 2.14. The van der Waals surface area contributed by atoms with Gasteiger partial charge in [0.15, 0.2) is 0 Å². The van der Waals surface area contributed by atoms with Gasteiger partial charge in [-0.3, -0.25) is 0 Å². The molecule has 1 aliphatic carbocycles. The van der Waals surface area contributed by atoms with Crippen LogP contribution in [0.4, 0.5) is 0 Å². The van der Waals surface area contributed by atoms with Crippen molar-refractivity contribution in [3.8, 4) is 5.75 Å². The van der Waals surface area contributed by atoms with Crippen LogP contribution in [-0.2, 0) is 0 Å². The third kappa shape index (κ3) is 2.11. The first-order chi connectivity index (χ1) is 6.77. The van der Waals surface area contributed by atoms with E-state index in [0.29, 0.717) is 0 Å². The van der Waals surface area contributed by atoms with E-state index >= 15 is 0 Å². The normalized spacial score (nSPS) is 25.6. The van der Waals surface area contributed by atoms with Crippen LogP contribution in [0.1, 0.15) is 19.8 Å². The molecular weight excluding hydrogens is 240 g/mol. The van der Waals surface area contributed by atoms with Gasteiger partial charge >= 0.3 is 0 Å². The highest BCUT2D eigenvalue weighted by molar-refractivity contribution is 9.10. The van der Waals surface area contributed by atoms with Crippen LogP contribution in [0.3, 0.4) is 0 Å². The Hall–Kier alpha value is -0.500. The largest absolute Gasteiger partial charge is 0.492 e. The first-order valence-electron chi connectivity index (χ1n) is 5.14. The van der Waals surface area contributed by atoms with E-state index in [2.05, 4.69) is 22.9 Å². The van der Waals surface area contributed by atoms with Crippen molar-refractivity contribution in [3.05, 3.63) is 28.7 Å². The fourth-order valence-electron chi connectivity index (χ4n) is 1.74. The maximum absolute atomic E-state index is 5.76. The molecule has 0 aliphatic heterocycles. The summed E-state index contributed by atoms with van der Waals surface area (Å²) in [5.74, 6) is 2.58. The predicted octanol–water partition coefficient (Wildman–Crippen LogP) is 3.87. The van der Waals surface area contributed by atoms with Crippen molar-refractivity contribution in [3.63, 3.8) is 0 Å². The minimum Gasteiger partial charge on any atom is -0.492 e. The molecule has 0 aromatic heterocycles. The van der Waals surface area contributed by atoms with Gasteiger partial charge in [0.05, 0.1) is 11.1 Å². The maximum atomic E-state index is 5.76. The molecule has 0 N–H and O–H groups in total. The molecule has 1 aromatic carbocycles. The summed E-state index contributed by atoms with van der Waals surface area (Å²) in [5.41, 5.74) is 0. The van der Waals surface area contributed by atoms with E-state index in [4.69, 9.17) is 4.74 Å². The molecule has 76 valence electrons. The Balaban J connectivity index is 1.88. The molecule has 2 heteroatoms. The van der Waals surface area contributed by atoms with Gasteiger partial charge in [-0.1, -0.05) is 19.1 Å². The molecule has 0 bridgehead atoms. The third-order valence-electron chi connectivity index (χ3n) is 3.09. The molecule has 2 atom stereocenters. The summed E-state index contributed by atoms with van der Waals surface area (Å²) in [6.45, 7) is 3.17. The Kier molecular flexibility index (Phi) is 3.12. The molecule has 0 radical (unpaired) electrons. The summed E-state index contributed by atoms with van der Waals surface area (Å²) in [6.07, 6.45) is 2.69. The van der Waals surface area contributed by atoms with Gasteiger partial charge in [-0.15, -0.1) is 0 Å². The SMILES string of the molecule is C[C@@H]1CC[C@@H]1COc1ccccc1Br. The van der Waals surface area contributed by atoms with Crippen LogP contribution in [-0.4, -0.2) is 6.61 Å². The lowest BCUT2D eigenvalue weighted by Gasteiger charge is -2.33. The molecule has 1 saturated carbocycles. The topological polar surface area (TPSA) is 9.23 Å². The third-order valence-corrected chi connectivity index (χ3v) is 3.74. The van der Waals surface area contributed by atoms with Crippen LogP contribution < -0.4 is 4.74 Å². The van der Waals surface area contributed by atoms with E-state index in [1.165, 1.54) is 12.8 Å². The van der Waals surface area contributed by atoms with Crippen molar-refractivity contribution in [2.75, 3.05) is 6.61 Å². The Bertz CT molecular complexity index is 311. The second kappa shape index (κ2) is 4.35. The number of rotatable bonds is 3. The quantitative estimate of drug-likeness (QED) is 0.796. The molecule has 1 nitrogen and oxygen atoms in total. The minimum atomic E-state index is 0.766. The van der Waals surface area contributed by atoms with Crippen LogP contribution in [0, 0.1) is 11.8 Å². The van der Waals surface area contributed by atoms with Gasteiger partial charge in [-0.25, -0.2) is 0 Å². The van der Waals surface area contributed by atoms with Gasteiger partial charge in [0.25, 0.3) is 0 Å². The summed E-state index contributed by atoms with van der Waals surface area (Å²) in [7, 11) is 0. The molecule has 2 rings (SSSR count). The van der Waals surface area contributed by atoms with Crippen LogP contribution in [0.2, 0.25) is 0 Å². The maximum Gasteiger partial charge on any atom is 0.133 e. The Labute approximate surface area is 93.6 Å². The number of halogens is 1. The predicted molar refractivity (Wildman–Crippen MR) is 61.5 cm³/mol. The van der Waals surface area contributed by atoms with Gasteiger partial charge in [0.1, 0.15) is 5.75 Å². The van der Waals surface area contributed by atoms with Crippen LogP contribution in [0.25, 0.3) is 0 Å². The lowest BCUT2D eigenvalue weighted by atomic mass is 9.75. The highest BCUT2D eigenvalue weighted by atomic mass is 79.9. The second-order valence-corrected chi connectivity index (χ2v) is 4.91. The molecule has 0 saturated heterocycles. The lowest BCUT2D eigenvalue weighted by molar-refractivity contribution is 0.116. The van der Waals surface area contributed by atoms with Gasteiger partial charge in [-0.2, -0.15) is 0 Å². The van der Waals surface area contributed by atoms with Gasteiger partial charge in [-0.05, 0) is 52.7 Å². The van der Waals surface area contributed by atoms with E-state index in [1.54, 1.807) is 0 Å². The number of hydrogen-bond acceptors (Lipinski definition) is 1. The molecule has 0 unspecified atom stereocenters. The summed E-state index contributed by atoms with van der Waals surface area (Å²) in [5, 5.41) is 0. The average Bonchev–Trinajstić information content (AvgIpc) is 2.19. The summed E-state index contributed by atoms with van der Waals surface area (Å²) in [4.78, 5) is 0. The second-order valence-electron chi connectivity index (χ2n) is 4.06. The number of benzene rings is 1. The lowest BCUT2D eigenvalue weighted by Crippen LogP contribution is -2.28. The summed E-state index contributed by atoms with van der Waals surface area (Å²) >= 11 is 3.48. The van der Waals surface area contributed by atoms with E-state index in [9.17, 15) is 0 Å². The van der Waals surface area contributed by atoms with Gasteiger partial charge in [0, 0.05) is 0 Å². The molecule has 1 aliphatic rings. The number of ether oxygens (including phenoxy) is 1. The molecule has 0 amide bonds. The number of para-hydroxylation sites is 1. The number of hydrogen-bond donors (Lipinski definition) is 0. The average molecular weight is 255 g/mol. The van der Waals surface area contributed by atoms with Crippen molar-refractivity contribution in [2.24, 2.45) is 11.8 Å². The van der Waals surface area contributed by atoms with Crippen molar-refractivity contribution < 1.29 is 4.74 Å². The first kappa shape index (κ1) is 10.0. The molecule has 1 fully saturated rings. The van der Waals surface area contributed by atoms with Crippen molar-refractivity contribution in [2.45, 2.75) is 19.8 Å². The highest BCUT2D eigenvalue weighted by Gasteiger charge is 2.27. The first-order valence-corrected chi connectivity index (χ1v) is 5.94. The molecule has 0 heterocycles. The molecule has 1 aromatic rings. The van der Waals surface area contributed by atoms with Gasteiger partial charge < -0.3 is 4.74 Å². The smallest absolute Gasteiger partial charge is 0.133 e. The Morgan fingerprint density at radius 3 is 2.71 bits per heavy atom. The molecular formula is C12H15BrO. The Morgan fingerprint density at radius 2 is 2.14 bits per heavy atom. The summed E-state index contributed by atoms with van der Waals surface area (Å²) < 4.78 is 6.81. The van der Waals surface area contributed by atoms with E-state index in [1.807, 2.05) is 24.3 Å². The monoisotopic (exact) mass is 254 g/mol. The molecule has 0 spiro atoms. The van der Waals surface area contributed by atoms with Crippen LogP contribution in [0.15, 0.2) is 28.7 Å². The van der Waals surface area contributed by atoms with Crippen molar-refractivity contribution >= 4 is 15.9 Å². The minimum absolute atomic E-state index is 0.766. The van der Waals surface area contributed by atoms with Crippen LogP contribution >= 0.6 is 15.9 Å². The summed E-state index contributed by atoms with van der Waals surface area (Å²) in [6, 6.07) is 8.03. The fraction of sp³-hybridized carbons (Fsp3) is 0.500. The van der Waals surface area contributed by atoms with E-state index < -0.39 is 0 Å². The zero-order valence-electron chi connectivity index (χ0n) is 8.37. The zero-order valence-corrected chi connectivity index (χ0v) is 9.96. The van der Waals surface area contributed by atoms with E-state index in [-0.39, 0.29) is 0 Å². The zero-order chi connectivity index (χ0) is 9.97. The van der Waals surface area contributed by atoms with Crippen LogP contribution in [0.5, 0.6) is 5.75 Å². The van der Waals surface area contributed by atoms with E-state index in [0.717, 1.165) is 28.7 Å². The highest BCUT2D eigenvalue weighted by Crippen LogP contribution is 2.34. The molecule has 14 heavy (non-hydrogen) atoms. The van der Waals surface area contributed by atoms with Gasteiger partial charge in [0.2, 0.25) is 0 Å². The Morgan fingerprint density at radius 1 is 1.36 bits per heavy atom. The standard InChI is InChI=1S/C12H15BrO/c1-9-6-7-10(9)8-14-12-5-3-2-4-11(12)13/h2-5,9-10H,6-8H2,1H3/t9-,10-/m1/s1.